The van der Waals surface area contributed by atoms with Crippen molar-refractivity contribution in [1.82, 2.24) is 19.9 Å². The molecule has 354 valence electrons. The summed E-state index contributed by atoms with van der Waals surface area (Å²) in [6.45, 7) is 8.02. The van der Waals surface area contributed by atoms with Crippen molar-refractivity contribution < 1.29 is 59.7 Å². The van der Waals surface area contributed by atoms with E-state index in [4.69, 9.17) is 24.9 Å². The van der Waals surface area contributed by atoms with E-state index in [1.807, 2.05) is 31.2 Å². The van der Waals surface area contributed by atoms with Crippen LogP contribution in [0.3, 0.4) is 0 Å². The molecule has 3 heterocycles. The minimum atomic E-state index is -4.85. The summed E-state index contributed by atoms with van der Waals surface area (Å²) in [6, 6.07) is 4.73. The largest absolute Gasteiger partial charge is 0.497 e. The number of amides is 4. The monoisotopic (exact) mass is 922 g/mol. The van der Waals surface area contributed by atoms with Gasteiger partial charge < -0.3 is 39.8 Å². The summed E-state index contributed by atoms with van der Waals surface area (Å²) in [6.07, 6.45) is -0.943. The Balaban J connectivity index is 1.14. The molecular weight excluding hydrogens is 862 g/mol. The van der Waals surface area contributed by atoms with Crippen molar-refractivity contribution in [2.24, 2.45) is 29.4 Å². The Morgan fingerprint density at radius 1 is 1.09 bits per heavy atom. The van der Waals surface area contributed by atoms with Gasteiger partial charge in [0.25, 0.3) is 0 Å². The van der Waals surface area contributed by atoms with Crippen molar-refractivity contribution in [3.05, 3.63) is 36.4 Å². The minimum Gasteiger partial charge on any atom is -0.497 e. The minimum absolute atomic E-state index is 0.0136. The molecular formula is C44H61F3N6O10S. The van der Waals surface area contributed by atoms with Crippen LogP contribution in [0.5, 0.6) is 11.6 Å². The van der Waals surface area contributed by atoms with Gasteiger partial charge in [0.2, 0.25) is 33.6 Å². The van der Waals surface area contributed by atoms with Gasteiger partial charge in [-0.05, 0) is 106 Å². The number of nitrogens with zero attached hydrogens (tertiary/aromatic N) is 3. The summed E-state index contributed by atoms with van der Waals surface area (Å²) in [4.78, 5) is 61.6. The molecule has 64 heavy (non-hydrogen) atoms. The van der Waals surface area contributed by atoms with Crippen LogP contribution in [0.4, 0.5) is 23.8 Å². The highest BCUT2D eigenvalue weighted by molar-refractivity contribution is 7.91. The number of benzene rings is 1. The standard InChI is InChI=1S/C44H61F3N6O10S/c1-26(9-6-7-10-29-11-8-12-33(29)39(55)51-64(58,59)43(4)15-16-43)21-27(2)37(50-42(57)62-28(3)44(45,46)47)41(56)53-25-32(24-35(53)38(48)54)63-40-34-14-13-31(60-5)22-30(34)23-36(49-40)52-17-19-61-20-18-52/h7,10,13-14,22-23,26-29,32-33,35,37H,6,8-9,11-12,15-21,24-25H2,1-5H3,(H2,48,54)(H,50,57)(H,51,55)/b10-7-/t26-,27-,28-,29-,32-,33?,35+,37+/m1/s1. The average molecular weight is 923 g/mol. The Labute approximate surface area is 372 Å². The summed E-state index contributed by atoms with van der Waals surface area (Å²) in [5, 5.41) is 3.80. The van der Waals surface area contributed by atoms with E-state index in [0.29, 0.717) is 88.7 Å². The van der Waals surface area contributed by atoms with E-state index in [-0.39, 0.29) is 30.7 Å². The zero-order chi connectivity index (χ0) is 46.6. The summed E-state index contributed by atoms with van der Waals surface area (Å²) < 4.78 is 89.1. The number of carbonyl (C=O) groups is 4. The zero-order valence-electron chi connectivity index (χ0n) is 37.0. The van der Waals surface area contributed by atoms with Crippen molar-refractivity contribution in [3.63, 3.8) is 0 Å². The number of methoxy groups -OCH3 is 1. The number of fused-ring (bicyclic) bond motifs is 1. The number of carbonyl (C=O) groups excluding carboxylic acids is 4. The Kier molecular flexibility index (Phi) is 15.3. The summed E-state index contributed by atoms with van der Waals surface area (Å²) in [7, 11) is -2.19. The van der Waals surface area contributed by atoms with Gasteiger partial charge in [-0.15, -0.1) is 0 Å². The first kappa shape index (κ1) is 48.6. The van der Waals surface area contributed by atoms with Crippen molar-refractivity contribution in [3.8, 4) is 11.6 Å². The van der Waals surface area contributed by atoms with Crippen LogP contribution in [-0.2, 0) is 33.9 Å². The van der Waals surface area contributed by atoms with Crippen LogP contribution < -0.4 is 30.1 Å². The predicted octanol–water partition coefficient (Wildman–Crippen LogP) is 5.37. The Bertz CT molecular complexity index is 2170. The molecule has 1 unspecified atom stereocenters. The topological polar surface area (TPSA) is 209 Å². The van der Waals surface area contributed by atoms with Gasteiger partial charge in [0.1, 0.15) is 29.8 Å². The number of alkyl carbamates (subject to hydrolysis) is 1. The molecule has 4 aliphatic rings. The molecule has 4 amide bonds. The summed E-state index contributed by atoms with van der Waals surface area (Å²) in [5.41, 5.74) is 5.85. The first-order valence-electron chi connectivity index (χ1n) is 22.0. The number of halogens is 3. The first-order chi connectivity index (χ1) is 30.2. The van der Waals surface area contributed by atoms with E-state index >= 15 is 0 Å². The molecule has 1 aromatic carbocycles. The number of primary amides is 1. The number of hydrogen-bond donors (Lipinski definition) is 3. The highest BCUT2D eigenvalue weighted by Crippen LogP contribution is 2.43. The molecule has 2 aromatic rings. The van der Waals surface area contributed by atoms with E-state index in [1.165, 1.54) is 4.90 Å². The number of allylic oxidation sites excluding steroid dienone is 2. The number of morpholine rings is 1. The van der Waals surface area contributed by atoms with Gasteiger partial charge in [-0.1, -0.05) is 32.4 Å². The van der Waals surface area contributed by atoms with Crippen molar-refractivity contribution >= 4 is 50.4 Å². The van der Waals surface area contributed by atoms with Crippen LogP contribution in [0.2, 0.25) is 0 Å². The number of hydrogen-bond acceptors (Lipinski definition) is 12. The summed E-state index contributed by atoms with van der Waals surface area (Å²) >= 11 is 0. The van der Waals surface area contributed by atoms with Crippen LogP contribution in [-0.4, -0.2) is 117 Å². The number of anilines is 1. The predicted molar refractivity (Wildman–Crippen MR) is 231 cm³/mol. The molecule has 0 spiro atoms. The van der Waals surface area contributed by atoms with Crippen LogP contribution in [0.1, 0.15) is 85.5 Å². The van der Waals surface area contributed by atoms with E-state index in [2.05, 4.69) is 19.7 Å². The zero-order valence-corrected chi connectivity index (χ0v) is 37.8. The smallest absolute Gasteiger partial charge is 0.425 e. The Morgan fingerprint density at radius 2 is 1.81 bits per heavy atom. The third kappa shape index (κ3) is 11.7. The number of alkyl halides is 3. The van der Waals surface area contributed by atoms with E-state index < -0.39 is 80.9 Å². The van der Waals surface area contributed by atoms with Gasteiger partial charge in [0.15, 0.2) is 6.10 Å². The second kappa shape index (κ2) is 20.1. The Hall–Kier alpha value is -4.85. The van der Waals surface area contributed by atoms with Crippen molar-refractivity contribution in [2.45, 2.75) is 121 Å². The SMILES string of the molecule is COc1ccc2c(O[C@@H]3C[C@@H](C(N)=O)N(C(=O)[C@@H](NC(=O)O[C@H](C)C(F)(F)F)[C@H](C)C[C@H](C)CC/C=C\[C@@H]4CCCC4C(=O)NS(=O)(=O)C4(C)CC4)C3)nc(N3CCOCC3)cc2c1. The number of likely N-dealkylation sites (tertiary alicyclic amines) is 1. The Morgan fingerprint density at radius 3 is 2.47 bits per heavy atom. The molecule has 20 heteroatoms. The fourth-order valence-electron chi connectivity index (χ4n) is 8.79. The maximum atomic E-state index is 14.5. The van der Waals surface area contributed by atoms with Crippen molar-refractivity contribution in [2.75, 3.05) is 44.9 Å². The van der Waals surface area contributed by atoms with Crippen LogP contribution in [0.15, 0.2) is 36.4 Å². The number of sulfonamides is 1. The quantitative estimate of drug-likeness (QED) is 0.161. The number of ether oxygens (including phenoxy) is 4. The third-order valence-corrected chi connectivity index (χ3v) is 15.2. The first-order valence-corrected chi connectivity index (χ1v) is 23.5. The molecule has 4 N–H and O–H groups in total. The number of aromatic nitrogens is 1. The van der Waals surface area contributed by atoms with Gasteiger partial charge in [-0.2, -0.15) is 18.2 Å². The van der Waals surface area contributed by atoms with Gasteiger partial charge >= 0.3 is 12.3 Å². The van der Waals surface area contributed by atoms with Crippen LogP contribution >= 0.6 is 0 Å². The molecule has 6 rings (SSSR count). The van der Waals surface area contributed by atoms with Crippen LogP contribution in [0.25, 0.3) is 10.8 Å². The average Bonchev–Trinajstić information content (AvgIpc) is 3.62. The molecule has 2 saturated heterocycles. The van der Waals surface area contributed by atoms with E-state index in [1.54, 1.807) is 33.1 Å². The molecule has 2 aliphatic carbocycles. The highest BCUT2D eigenvalue weighted by Gasteiger charge is 2.51. The molecule has 4 fully saturated rings. The molecule has 16 nitrogen and oxygen atoms in total. The fraction of sp³-hybridized carbons (Fsp3) is 0.659. The molecule has 2 saturated carbocycles. The summed E-state index contributed by atoms with van der Waals surface area (Å²) in [5.74, 6) is -1.84. The molecule has 1 aromatic heterocycles. The van der Waals surface area contributed by atoms with Gasteiger partial charge in [-0.25, -0.2) is 13.2 Å². The van der Waals surface area contributed by atoms with Crippen molar-refractivity contribution in [1.29, 1.82) is 0 Å². The normalized spacial score (nSPS) is 24.2. The number of pyridine rings is 1. The van der Waals surface area contributed by atoms with Gasteiger partial charge in [-0.3, -0.25) is 19.1 Å². The lowest BCUT2D eigenvalue weighted by Gasteiger charge is -2.32. The molecule has 0 bridgehead atoms. The highest BCUT2D eigenvalue weighted by atomic mass is 32.2. The van der Waals surface area contributed by atoms with E-state index in [0.717, 1.165) is 18.2 Å². The lowest BCUT2D eigenvalue weighted by molar-refractivity contribution is -0.197. The molecule has 0 radical (unpaired) electrons. The number of nitrogens with one attached hydrogen (secondary N) is 2. The second-order valence-electron chi connectivity index (χ2n) is 18.0. The lowest BCUT2D eigenvalue weighted by atomic mass is 9.87. The number of nitrogens with two attached hydrogens (primary N) is 1. The van der Waals surface area contributed by atoms with Crippen LogP contribution in [0, 0.1) is 23.7 Å². The second-order valence-corrected chi connectivity index (χ2v) is 20.2. The maximum absolute atomic E-state index is 14.5. The van der Waals surface area contributed by atoms with Gasteiger partial charge in [0.05, 0.1) is 31.6 Å². The van der Waals surface area contributed by atoms with Gasteiger partial charge in [0, 0.05) is 30.8 Å². The molecule has 8 atom stereocenters. The molecule has 2 aliphatic heterocycles. The fourth-order valence-corrected chi connectivity index (χ4v) is 10.1. The third-order valence-electron chi connectivity index (χ3n) is 13.1. The maximum Gasteiger partial charge on any atom is 0.425 e. The lowest BCUT2D eigenvalue weighted by Crippen LogP contribution is -2.56. The number of rotatable bonds is 18. The van der Waals surface area contributed by atoms with E-state index in [9.17, 15) is 40.8 Å².